The van der Waals surface area contributed by atoms with E-state index >= 15 is 0 Å². The third kappa shape index (κ3) is 4.08. The molecule has 0 saturated carbocycles. The first-order valence-electron chi connectivity index (χ1n) is 7.87. The minimum Gasteiger partial charge on any atom is -0.341 e. The minimum atomic E-state index is -1.05. The second kappa shape index (κ2) is 7.39. The van der Waals surface area contributed by atoms with E-state index in [1.165, 1.54) is 6.20 Å². The zero-order valence-corrected chi connectivity index (χ0v) is 13.9. The molecule has 2 rings (SSSR count). The maximum absolute atomic E-state index is 12.7. The fourth-order valence-electron chi connectivity index (χ4n) is 2.76. The van der Waals surface area contributed by atoms with Crippen molar-refractivity contribution >= 4 is 17.7 Å². The molecule has 3 amide bonds. The summed E-state index contributed by atoms with van der Waals surface area (Å²) in [5, 5.41) is 2.75. The van der Waals surface area contributed by atoms with Crippen LogP contribution >= 0.6 is 0 Å². The van der Waals surface area contributed by atoms with Crippen LogP contribution in [0.5, 0.6) is 0 Å². The largest absolute Gasteiger partial charge is 0.341 e. The molecule has 1 aliphatic rings. The lowest BCUT2D eigenvalue weighted by molar-refractivity contribution is -0.140. The van der Waals surface area contributed by atoms with Crippen LogP contribution in [0.15, 0.2) is 24.5 Å². The average Bonchev–Trinajstić information content (AvgIpc) is 2.61. The summed E-state index contributed by atoms with van der Waals surface area (Å²) in [6, 6.07) is 3.30. The minimum absolute atomic E-state index is 0.174. The Bertz CT molecular complexity index is 609. The van der Waals surface area contributed by atoms with Gasteiger partial charge in [0.05, 0.1) is 5.56 Å². The van der Waals surface area contributed by atoms with Gasteiger partial charge in [0, 0.05) is 31.4 Å². The van der Waals surface area contributed by atoms with E-state index in [0.717, 1.165) is 0 Å². The van der Waals surface area contributed by atoms with Gasteiger partial charge in [-0.25, -0.2) is 5.84 Å². The van der Waals surface area contributed by atoms with Crippen molar-refractivity contribution in [3.8, 4) is 0 Å². The van der Waals surface area contributed by atoms with Crippen LogP contribution in [0.3, 0.4) is 0 Å². The van der Waals surface area contributed by atoms with Gasteiger partial charge in [0.2, 0.25) is 11.8 Å². The van der Waals surface area contributed by atoms with E-state index < -0.39 is 5.54 Å². The Labute approximate surface area is 140 Å². The molecule has 1 fully saturated rings. The van der Waals surface area contributed by atoms with Gasteiger partial charge in [0.25, 0.3) is 5.91 Å². The monoisotopic (exact) mass is 333 g/mol. The summed E-state index contributed by atoms with van der Waals surface area (Å²) in [7, 11) is 0. The lowest BCUT2D eigenvalue weighted by atomic mass is 9.94. The molecule has 0 unspecified atom stereocenters. The van der Waals surface area contributed by atoms with E-state index in [9.17, 15) is 14.4 Å². The van der Waals surface area contributed by atoms with Crippen molar-refractivity contribution < 1.29 is 14.4 Å². The number of aromatic nitrogens is 1. The van der Waals surface area contributed by atoms with Gasteiger partial charge in [-0.1, -0.05) is 0 Å². The number of carbonyl (C=O) groups excluding carboxylic acids is 3. The topological polar surface area (TPSA) is 117 Å². The number of nitrogens with two attached hydrogens (primary N) is 1. The molecule has 0 bridgehead atoms. The van der Waals surface area contributed by atoms with Crippen LogP contribution in [-0.4, -0.2) is 46.2 Å². The SMILES string of the molecule is CC(C)(NC(=O)c1cccnc1)C(=O)N1CCC(C(=O)NN)CC1. The number of hydrazine groups is 1. The summed E-state index contributed by atoms with van der Waals surface area (Å²) in [6.45, 7) is 4.26. The lowest BCUT2D eigenvalue weighted by Crippen LogP contribution is -2.57. The van der Waals surface area contributed by atoms with Crippen LogP contribution in [0.4, 0.5) is 0 Å². The van der Waals surface area contributed by atoms with Crippen LogP contribution in [0.1, 0.15) is 37.0 Å². The Kier molecular flexibility index (Phi) is 5.50. The second-order valence-corrected chi connectivity index (χ2v) is 6.40. The Morgan fingerprint density at radius 1 is 1.29 bits per heavy atom. The average molecular weight is 333 g/mol. The number of hydrogen-bond donors (Lipinski definition) is 3. The van der Waals surface area contributed by atoms with Crippen LogP contribution < -0.4 is 16.6 Å². The molecule has 1 aromatic heterocycles. The lowest BCUT2D eigenvalue weighted by Gasteiger charge is -2.36. The number of amides is 3. The highest BCUT2D eigenvalue weighted by molar-refractivity contribution is 5.98. The van der Waals surface area contributed by atoms with E-state index in [-0.39, 0.29) is 23.6 Å². The first-order valence-corrected chi connectivity index (χ1v) is 7.87. The van der Waals surface area contributed by atoms with Gasteiger partial charge >= 0.3 is 0 Å². The number of hydrogen-bond acceptors (Lipinski definition) is 5. The normalized spacial score (nSPS) is 15.7. The van der Waals surface area contributed by atoms with Gasteiger partial charge in [-0.3, -0.25) is 24.8 Å². The van der Waals surface area contributed by atoms with Crippen LogP contribution in [0.25, 0.3) is 0 Å². The third-order valence-corrected chi connectivity index (χ3v) is 4.18. The van der Waals surface area contributed by atoms with E-state index in [2.05, 4.69) is 15.7 Å². The van der Waals surface area contributed by atoms with Crippen molar-refractivity contribution in [2.24, 2.45) is 11.8 Å². The van der Waals surface area contributed by atoms with Crippen molar-refractivity contribution in [2.75, 3.05) is 13.1 Å². The van der Waals surface area contributed by atoms with E-state index in [0.29, 0.717) is 31.5 Å². The summed E-state index contributed by atoms with van der Waals surface area (Å²) in [5.41, 5.74) is 1.50. The number of piperidine rings is 1. The third-order valence-electron chi connectivity index (χ3n) is 4.18. The van der Waals surface area contributed by atoms with Gasteiger partial charge in [-0.15, -0.1) is 0 Å². The first-order chi connectivity index (χ1) is 11.3. The first kappa shape index (κ1) is 17.9. The molecule has 8 heteroatoms. The molecular weight excluding hydrogens is 310 g/mol. The summed E-state index contributed by atoms with van der Waals surface area (Å²) in [4.78, 5) is 42.1. The highest BCUT2D eigenvalue weighted by Gasteiger charge is 2.36. The summed E-state index contributed by atoms with van der Waals surface area (Å²) in [6.07, 6.45) is 4.14. The molecule has 2 heterocycles. The molecule has 0 aromatic carbocycles. The quantitative estimate of drug-likeness (QED) is 0.401. The Balaban J connectivity index is 1.96. The molecule has 0 atom stereocenters. The van der Waals surface area contributed by atoms with Gasteiger partial charge in [-0.05, 0) is 38.8 Å². The highest BCUT2D eigenvalue weighted by Crippen LogP contribution is 2.20. The van der Waals surface area contributed by atoms with Crippen LogP contribution in [0, 0.1) is 5.92 Å². The zero-order valence-electron chi connectivity index (χ0n) is 13.9. The fraction of sp³-hybridized carbons (Fsp3) is 0.500. The van der Waals surface area contributed by atoms with Crippen molar-refractivity contribution in [1.29, 1.82) is 0 Å². The second-order valence-electron chi connectivity index (χ2n) is 6.40. The van der Waals surface area contributed by atoms with Crippen LogP contribution in [0.2, 0.25) is 0 Å². The number of likely N-dealkylation sites (tertiary alicyclic amines) is 1. The predicted molar refractivity (Wildman–Crippen MR) is 87.4 cm³/mol. The number of nitrogens with one attached hydrogen (secondary N) is 2. The molecule has 0 aliphatic carbocycles. The standard InChI is InChI=1S/C16H23N5O3/c1-16(2,19-13(22)12-4-3-7-18-10-12)15(24)21-8-5-11(6-9-21)14(23)20-17/h3-4,7,10-11H,5-6,8-9,17H2,1-2H3,(H,19,22)(H,20,23). The molecule has 24 heavy (non-hydrogen) atoms. The molecule has 0 radical (unpaired) electrons. The Morgan fingerprint density at radius 3 is 2.50 bits per heavy atom. The van der Waals surface area contributed by atoms with E-state index in [1.54, 1.807) is 37.1 Å². The van der Waals surface area contributed by atoms with Crippen molar-refractivity contribution in [3.63, 3.8) is 0 Å². The molecule has 4 N–H and O–H groups in total. The smallest absolute Gasteiger partial charge is 0.253 e. The summed E-state index contributed by atoms with van der Waals surface area (Å²) in [5.74, 6) is 4.24. The van der Waals surface area contributed by atoms with Crippen LogP contribution in [-0.2, 0) is 9.59 Å². The Morgan fingerprint density at radius 2 is 1.96 bits per heavy atom. The van der Waals surface area contributed by atoms with Gasteiger partial charge in [0.15, 0.2) is 0 Å². The molecule has 1 saturated heterocycles. The van der Waals surface area contributed by atoms with Crippen molar-refractivity contribution in [3.05, 3.63) is 30.1 Å². The van der Waals surface area contributed by atoms with Gasteiger partial charge in [0.1, 0.15) is 5.54 Å². The van der Waals surface area contributed by atoms with Crippen molar-refractivity contribution in [2.45, 2.75) is 32.2 Å². The molecule has 130 valence electrons. The number of rotatable bonds is 4. The molecule has 1 aromatic rings. The summed E-state index contributed by atoms with van der Waals surface area (Å²) >= 11 is 0. The summed E-state index contributed by atoms with van der Waals surface area (Å²) < 4.78 is 0. The number of nitrogens with zero attached hydrogens (tertiary/aromatic N) is 2. The molecule has 0 spiro atoms. The number of pyridine rings is 1. The highest BCUT2D eigenvalue weighted by atomic mass is 16.2. The zero-order chi connectivity index (χ0) is 17.7. The molecular formula is C16H23N5O3. The van der Waals surface area contributed by atoms with E-state index in [4.69, 9.17) is 5.84 Å². The number of carbonyl (C=O) groups is 3. The van der Waals surface area contributed by atoms with Gasteiger partial charge < -0.3 is 10.2 Å². The fourth-order valence-corrected chi connectivity index (χ4v) is 2.76. The molecule has 8 nitrogen and oxygen atoms in total. The van der Waals surface area contributed by atoms with Crippen molar-refractivity contribution in [1.82, 2.24) is 20.6 Å². The van der Waals surface area contributed by atoms with Gasteiger partial charge in [-0.2, -0.15) is 0 Å². The molecule has 1 aliphatic heterocycles. The maximum Gasteiger partial charge on any atom is 0.253 e. The Hall–Kier alpha value is -2.48. The maximum atomic E-state index is 12.7. The van der Waals surface area contributed by atoms with E-state index in [1.807, 2.05) is 0 Å². The predicted octanol–water partition coefficient (Wildman–Crippen LogP) is -0.181.